The molecule has 2 bridgehead atoms. The van der Waals surface area contributed by atoms with E-state index in [1.54, 1.807) is 0 Å². The number of morpholine rings is 1. The van der Waals surface area contributed by atoms with Gasteiger partial charge in [-0.3, -0.25) is 4.79 Å². The van der Waals surface area contributed by atoms with Crippen molar-refractivity contribution in [3.05, 3.63) is 35.1 Å². The lowest BCUT2D eigenvalue weighted by Gasteiger charge is -2.39. The third-order valence-electron chi connectivity index (χ3n) is 4.37. The molecule has 2 heterocycles. The lowest BCUT2D eigenvalue weighted by Crippen LogP contribution is -2.55. The molecule has 2 unspecified atom stereocenters. The van der Waals surface area contributed by atoms with E-state index in [0.29, 0.717) is 32.1 Å². The molecule has 3 nitrogen and oxygen atoms in total. The summed E-state index contributed by atoms with van der Waals surface area (Å²) >= 11 is 0. The fourth-order valence-electron chi connectivity index (χ4n) is 3.36. The number of Topliss-reactive ketones (excluding diaryl/α,β-unsaturated/α-hetero) is 1. The minimum atomic E-state index is -4.62. The van der Waals surface area contributed by atoms with Gasteiger partial charge < -0.3 is 10.1 Å². The highest BCUT2D eigenvalue weighted by Crippen LogP contribution is 2.31. The van der Waals surface area contributed by atoms with Gasteiger partial charge in [-0.1, -0.05) is 0 Å². The van der Waals surface area contributed by atoms with Crippen LogP contribution in [0.3, 0.4) is 0 Å². The molecule has 0 aliphatic carbocycles. The second kappa shape index (κ2) is 6.20. The van der Waals surface area contributed by atoms with Gasteiger partial charge in [-0.2, -0.15) is 13.2 Å². The van der Waals surface area contributed by atoms with Crippen LogP contribution in [0.4, 0.5) is 17.6 Å². The van der Waals surface area contributed by atoms with Crippen LogP contribution in [0.2, 0.25) is 0 Å². The number of ketones is 1. The molecule has 3 rings (SSSR count). The van der Waals surface area contributed by atoms with Crippen LogP contribution >= 0.6 is 0 Å². The molecule has 126 valence electrons. The van der Waals surface area contributed by atoms with Gasteiger partial charge in [0.2, 0.25) is 0 Å². The summed E-state index contributed by atoms with van der Waals surface area (Å²) in [5, 5.41) is 3.35. The average molecular weight is 331 g/mol. The molecule has 0 aromatic heterocycles. The van der Waals surface area contributed by atoms with Crippen molar-refractivity contribution in [3.8, 4) is 0 Å². The third kappa shape index (κ3) is 3.90. The lowest BCUT2D eigenvalue weighted by atomic mass is 9.82. The van der Waals surface area contributed by atoms with Crippen molar-refractivity contribution in [1.82, 2.24) is 5.32 Å². The van der Waals surface area contributed by atoms with Crippen LogP contribution in [-0.4, -0.2) is 31.1 Å². The summed E-state index contributed by atoms with van der Waals surface area (Å²) in [6, 6.07) is 2.51. The van der Waals surface area contributed by atoms with E-state index < -0.39 is 17.6 Å². The van der Waals surface area contributed by atoms with E-state index >= 15 is 0 Å². The summed E-state index contributed by atoms with van der Waals surface area (Å²) in [5.74, 6) is -1.33. The molecular formula is C16H17F4NO2. The molecule has 0 radical (unpaired) electrons. The zero-order valence-corrected chi connectivity index (χ0v) is 12.3. The minimum Gasteiger partial charge on any atom is -0.378 e. The number of benzene rings is 1. The number of alkyl halides is 3. The molecule has 0 saturated carbocycles. The third-order valence-corrected chi connectivity index (χ3v) is 4.37. The summed E-state index contributed by atoms with van der Waals surface area (Å²) in [4.78, 5) is 12.4. The largest absolute Gasteiger partial charge is 0.416 e. The van der Waals surface area contributed by atoms with E-state index in [9.17, 15) is 22.4 Å². The highest BCUT2D eigenvalue weighted by Gasteiger charge is 2.35. The summed E-state index contributed by atoms with van der Waals surface area (Å²) in [6.07, 6.45) is -3.58. The fourth-order valence-corrected chi connectivity index (χ4v) is 3.36. The molecule has 0 amide bonds. The molecule has 2 atom stereocenters. The van der Waals surface area contributed by atoms with Crippen molar-refractivity contribution in [3.63, 3.8) is 0 Å². The first kappa shape index (κ1) is 16.4. The first-order valence-corrected chi connectivity index (χ1v) is 7.54. The van der Waals surface area contributed by atoms with Crippen molar-refractivity contribution in [1.29, 1.82) is 0 Å². The highest BCUT2D eigenvalue weighted by atomic mass is 19.4. The second-order valence-corrected chi connectivity index (χ2v) is 6.26. The predicted octanol–water partition coefficient (Wildman–Crippen LogP) is 2.72. The Morgan fingerprint density at radius 3 is 2.43 bits per heavy atom. The number of piperidine rings is 1. The van der Waals surface area contributed by atoms with Crippen molar-refractivity contribution in [2.45, 2.75) is 37.5 Å². The molecule has 2 saturated heterocycles. The van der Waals surface area contributed by atoms with Gasteiger partial charge in [-0.15, -0.1) is 0 Å². The van der Waals surface area contributed by atoms with Crippen LogP contribution in [0.25, 0.3) is 0 Å². The Kier molecular flexibility index (Phi) is 4.42. The first-order chi connectivity index (χ1) is 10.8. The highest BCUT2D eigenvalue weighted by molar-refractivity contribution is 5.83. The molecule has 0 spiro atoms. The first-order valence-electron chi connectivity index (χ1n) is 7.54. The maximum absolute atomic E-state index is 13.4. The maximum atomic E-state index is 13.4. The molecule has 23 heavy (non-hydrogen) atoms. The summed E-state index contributed by atoms with van der Waals surface area (Å²) < 4.78 is 57.0. The predicted molar refractivity (Wildman–Crippen MR) is 74.4 cm³/mol. The maximum Gasteiger partial charge on any atom is 0.416 e. The number of carbonyl (C=O) groups is 1. The number of hydrogen-bond acceptors (Lipinski definition) is 3. The quantitative estimate of drug-likeness (QED) is 0.866. The molecule has 1 aromatic rings. The van der Waals surface area contributed by atoms with Crippen LogP contribution in [0.1, 0.15) is 24.0 Å². The van der Waals surface area contributed by atoms with Gasteiger partial charge in [0.25, 0.3) is 0 Å². The average Bonchev–Trinajstić information content (AvgIpc) is 2.45. The van der Waals surface area contributed by atoms with Crippen LogP contribution in [0.15, 0.2) is 18.2 Å². The minimum absolute atomic E-state index is 0.0715. The number of ether oxygens (including phenoxy) is 1. The molecule has 7 heteroatoms. The van der Waals surface area contributed by atoms with Crippen LogP contribution < -0.4 is 5.32 Å². The summed E-state index contributed by atoms with van der Waals surface area (Å²) in [7, 11) is 0. The van der Waals surface area contributed by atoms with Crippen molar-refractivity contribution >= 4 is 5.78 Å². The van der Waals surface area contributed by atoms with Crippen LogP contribution in [0.5, 0.6) is 0 Å². The fraction of sp³-hybridized carbons (Fsp3) is 0.562. The van der Waals surface area contributed by atoms with E-state index in [2.05, 4.69) is 5.32 Å². The topological polar surface area (TPSA) is 38.3 Å². The number of halogens is 4. The molecular weight excluding hydrogens is 314 g/mol. The van der Waals surface area contributed by atoms with E-state index in [4.69, 9.17) is 4.74 Å². The summed E-state index contributed by atoms with van der Waals surface area (Å²) in [6.45, 7) is 1.08. The number of hydrogen-bond donors (Lipinski definition) is 1. The molecule has 2 aliphatic heterocycles. The number of carbonyl (C=O) groups excluding carboxylic acids is 1. The standard InChI is InChI=1S/C16H17F4NO2/c17-12-2-9(1-11(6-12)16(18,19)20)3-15(22)10-4-13-7-23-8-14(5-10)21-13/h1-2,6,10,13-14,21H,3-5,7-8H2. The number of fused-ring (bicyclic) bond motifs is 2. The molecule has 1 N–H and O–H groups in total. The van der Waals surface area contributed by atoms with Crippen molar-refractivity contribution in [2.75, 3.05) is 13.2 Å². The van der Waals surface area contributed by atoms with E-state index in [-0.39, 0.29) is 35.8 Å². The van der Waals surface area contributed by atoms with Crippen LogP contribution in [-0.2, 0) is 22.1 Å². The Morgan fingerprint density at radius 2 is 1.83 bits per heavy atom. The molecule has 1 aromatic carbocycles. The van der Waals surface area contributed by atoms with Gasteiger partial charge in [0.15, 0.2) is 0 Å². The number of nitrogens with one attached hydrogen (secondary N) is 1. The zero-order valence-electron chi connectivity index (χ0n) is 12.3. The van der Waals surface area contributed by atoms with Gasteiger partial charge in [0.1, 0.15) is 11.6 Å². The monoisotopic (exact) mass is 331 g/mol. The summed E-state index contributed by atoms with van der Waals surface area (Å²) in [5.41, 5.74) is -0.988. The SMILES string of the molecule is O=C(Cc1cc(F)cc(C(F)(F)F)c1)C1CC2COCC(C1)N2. The smallest absolute Gasteiger partial charge is 0.378 e. The Morgan fingerprint density at radius 1 is 1.17 bits per heavy atom. The van der Waals surface area contributed by atoms with Gasteiger partial charge in [-0.25, -0.2) is 4.39 Å². The molecule has 2 fully saturated rings. The Balaban J connectivity index is 1.71. The molecule has 2 aliphatic rings. The van der Waals surface area contributed by atoms with E-state index in [1.165, 1.54) is 0 Å². The Labute approximate surface area is 131 Å². The van der Waals surface area contributed by atoms with Gasteiger partial charge in [0, 0.05) is 24.4 Å². The van der Waals surface area contributed by atoms with Crippen LogP contribution in [0, 0.1) is 11.7 Å². The van der Waals surface area contributed by atoms with Gasteiger partial charge >= 0.3 is 6.18 Å². The lowest BCUT2D eigenvalue weighted by molar-refractivity contribution is -0.138. The Hall–Kier alpha value is -1.47. The van der Waals surface area contributed by atoms with E-state index in [0.717, 1.165) is 12.1 Å². The number of rotatable bonds is 3. The normalized spacial score (nSPS) is 27.7. The van der Waals surface area contributed by atoms with Crippen molar-refractivity contribution in [2.24, 2.45) is 5.92 Å². The van der Waals surface area contributed by atoms with Gasteiger partial charge in [-0.05, 0) is 36.6 Å². The Bertz CT molecular complexity index is 590. The second-order valence-electron chi connectivity index (χ2n) is 6.26. The zero-order chi connectivity index (χ0) is 16.6. The van der Waals surface area contributed by atoms with Gasteiger partial charge in [0.05, 0.1) is 18.8 Å². The van der Waals surface area contributed by atoms with Crippen molar-refractivity contribution < 1.29 is 27.1 Å². The van der Waals surface area contributed by atoms with E-state index in [1.807, 2.05) is 0 Å².